The van der Waals surface area contributed by atoms with E-state index < -0.39 is 0 Å². The molecular formula is C15H22N4S. The van der Waals surface area contributed by atoms with Gasteiger partial charge >= 0.3 is 0 Å². The number of hydrogen-bond acceptors (Lipinski definition) is 4. The minimum Gasteiger partial charge on any atom is -0.323 e. The van der Waals surface area contributed by atoms with Gasteiger partial charge in [0.05, 0.1) is 0 Å². The van der Waals surface area contributed by atoms with Gasteiger partial charge in [0.1, 0.15) is 12.2 Å². The molecule has 0 radical (unpaired) electrons. The van der Waals surface area contributed by atoms with Crippen molar-refractivity contribution in [2.24, 2.45) is 5.73 Å². The maximum absolute atomic E-state index is 6.40. The van der Waals surface area contributed by atoms with E-state index in [0.717, 1.165) is 12.2 Å². The van der Waals surface area contributed by atoms with E-state index >= 15 is 0 Å². The largest absolute Gasteiger partial charge is 0.323 e. The van der Waals surface area contributed by atoms with Gasteiger partial charge in [-0.15, -0.1) is 11.3 Å². The van der Waals surface area contributed by atoms with Gasteiger partial charge in [-0.1, -0.05) is 0 Å². The van der Waals surface area contributed by atoms with E-state index in [2.05, 4.69) is 30.0 Å². The fraction of sp³-hybridized carbons (Fsp3) is 0.600. The van der Waals surface area contributed by atoms with Crippen LogP contribution in [-0.4, -0.2) is 14.8 Å². The Bertz CT molecular complexity index is 561. The zero-order valence-corrected chi connectivity index (χ0v) is 13.0. The molecule has 2 aromatic rings. The number of aryl methyl sites for hydroxylation is 2. The summed E-state index contributed by atoms with van der Waals surface area (Å²) in [5.41, 5.74) is 7.92. The summed E-state index contributed by atoms with van der Waals surface area (Å²) in [5, 5.41) is 4.28. The zero-order valence-electron chi connectivity index (χ0n) is 12.2. The average Bonchev–Trinajstić information content (AvgIpc) is 3.03. The Morgan fingerprint density at radius 3 is 2.90 bits per heavy atom. The van der Waals surface area contributed by atoms with Crippen molar-refractivity contribution < 1.29 is 0 Å². The highest BCUT2D eigenvalue weighted by Crippen LogP contribution is 2.33. The third-order valence-electron chi connectivity index (χ3n) is 3.92. The first-order valence-electron chi connectivity index (χ1n) is 7.40. The second-order valence-electron chi connectivity index (χ2n) is 5.83. The average molecular weight is 290 g/mol. The summed E-state index contributed by atoms with van der Waals surface area (Å²) in [6, 6.07) is 2.68. The van der Waals surface area contributed by atoms with Crippen molar-refractivity contribution in [2.75, 3.05) is 0 Å². The molecule has 1 unspecified atom stereocenters. The molecule has 0 saturated heterocycles. The SMILES string of the molecule is CC(C)n1ncnc1CC(N)c1cc2c(s1)CCCC2. The number of rotatable bonds is 4. The standard InChI is InChI=1S/C15H22N4S/c1-10(2)19-15(17-9-18-19)8-12(16)14-7-11-5-3-4-6-13(11)20-14/h7,9-10,12H,3-6,8,16H2,1-2H3. The summed E-state index contributed by atoms with van der Waals surface area (Å²) in [6.07, 6.45) is 7.48. The van der Waals surface area contributed by atoms with E-state index in [1.807, 2.05) is 16.0 Å². The van der Waals surface area contributed by atoms with E-state index in [0.29, 0.717) is 6.04 Å². The van der Waals surface area contributed by atoms with Crippen LogP contribution in [0.3, 0.4) is 0 Å². The predicted octanol–water partition coefficient (Wildman–Crippen LogP) is 3.04. The Kier molecular flexibility index (Phi) is 3.89. The van der Waals surface area contributed by atoms with Gasteiger partial charge in [0.15, 0.2) is 0 Å². The van der Waals surface area contributed by atoms with Crippen LogP contribution in [0.15, 0.2) is 12.4 Å². The van der Waals surface area contributed by atoms with Crippen LogP contribution < -0.4 is 5.73 Å². The Labute approximate surface area is 124 Å². The maximum Gasteiger partial charge on any atom is 0.138 e. The highest BCUT2D eigenvalue weighted by Gasteiger charge is 2.19. The van der Waals surface area contributed by atoms with E-state index in [9.17, 15) is 0 Å². The van der Waals surface area contributed by atoms with E-state index in [1.165, 1.54) is 36.1 Å². The van der Waals surface area contributed by atoms with Crippen LogP contribution in [0.25, 0.3) is 0 Å². The monoisotopic (exact) mass is 290 g/mol. The van der Waals surface area contributed by atoms with Crippen LogP contribution in [0.1, 0.15) is 59.9 Å². The summed E-state index contributed by atoms with van der Waals surface area (Å²) < 4.78 is 1.97. The van der Waals surface area contributed by atoms with Crippen molar-refractivity contribution in [2.45, 2.75) is 58.0 Å². The summed E-state index contributed by atoms with van der Waals surface area (Å²) in [4.78, 5) is 7.21. The summed E-state index contributed by atoms with van der Waals surface area (Å²) in [6.45, 7) is 4.24. The fourth-order valence-corrected chi connectivity index (χ4v) is 4.10. The van der Waals surface area contributed by atoms with Gasteiger partial charge in [0.2, 0.25) is 0 Å². The second kappa shape index (κ2) is 5.66. The van der Waals surface area contributed by atoms with Crippen molar-refractivity contribution in [3.8, 4) is 0 Å². The molecule has 0 saturated carbocycles. The molecular weight excluding hydrogens is 268 g/mol. The molecule has 5 heteroatoms. The van der Waals surface area contributed by atoms with Crippen molar-refractivity contribution in [3.63, 3.8) is 0 Å². The number of fused-ring (bicyclic) bond motifs is 1. The first kappa shape index (κ1) is 13.8. The van der Waals surface area contributed by atoms with Gasteiger partial charge in [0, 0.05) is 28.3 Å². The number of thiophene rings is 1. The van der Waals surface area contributed by atoms with Gasteiger partial charge in [-0.3, -0.25) is 0 Å². The maximum atomic E-state index is 6.40. The third kappa shape index (κ3) is 2.65. The predicted molar refractivity (Wildman–Crippen MR) is 82.0 cm³/mol. The van der Waals surface area contributed by atoms with Crippen molar-refractivity contribution in [3.05, 3.63) is 33.5 Å². The minimum atomic E-state index is 0.0345. The molecule has 2 heterocycles. The highest BCUT2D eigenvalue weighted by atomic mass is 32.1. The fourth-order valence-electron chi connectivity index (χ4n) is 2.85. The van der Waals surface area contributed by atoms with Crippen molar-refractivity contribution in [1.82, 2.24) is 14.8 Å². The van der Waals surface area contributed by atoms with Crippen LogP contribution in [0.5, 0.6) is 0 Å². The van der Waals surface area contributed by atoms with E-state index in [-0.39, 0.29) is 6.04 Å². The minimum absolute atomic E-state index is 0.0345. The third-order valence-corrected chi connectivity index (χ3v) is 5.29. The molecule has 1 aliphatic rings. The summed E-state index contributed by atoms with van der Waals surface area (Å²) in [7, 11) is 0. The van der Waals surface area contributed by atoms with Crippen LogP contribution in [0.2, 0.25) is 0 Å². The molecule has 0 fully saturated rings. The Hall–Kier alpha value is -1.20. The van der Waals surface area contributed by atoms with Crippen LogP contribution in [0, 0.1) is 0 Å². The molecule has 2 N–H and O–H groups in total. The molecule has 1 aliphatic carbocycles. The number of aromatic nitrogens is 3. The lowest BCUT2D eigenvalue weighted by Gasteiger charge is -2.12. The van der Waals surface area contributed by atoms with Crippen molar-refractivity contribution in [1.29, 1.82) is 0 Å². The van der Waals surface area contributed by atoms with Crippen LogP contribution in [0.4, 0.5) is 0 Å². The molecule has 0 spiro atoms. The zero-order chi connectivity index (χ0) is 14.1. The normalized spacial score (nSPS) is 16.4. The molecule has 1 atom stereocenters. The first-order valence-corrected chi connectivity index (χ1v) is 8.22. The van der Waals surface area contributed by atoms with Gasteiger partial charge in [0.25, 0.3) is 0 Å². The molecule has 0 amide bonds. The number of hydrogen-bond donors (Lipinski definition) is 1. The summed E-state index contributed by atoms with van der Waals surface area (Å²) >= 11 is 1.90. The molecule has 108 valence electrons. The Morgan fingerprint density at radius 2 is 2.15 bits per heavy atom. The summed E-state index contributed by atoms with van der Waals surface area (Å²) in [5.74, 6) is 0.985. The van der Waals surface area contributed by atoms with E-state index in [4.69, 9.17) is 5.73 Å². The molecule has 2 aromatic heterocycles. The van der Waals surface area contributed by atoms with Crippen LogP contribution in [-0.2, 0) is 19.3 Å². The van der Waals surface area contributed by atoms with Gasteiger partial charge in [-0.05, 0) is 51.2 Å². The lowest BCUT2D eigenvalue weighted by Crippen LogP contribution is -2.17. The van der Waals surface area contributed by atoms with Gasteiger partial charge in [-0.2, -0.15) is 5.10 Å². The molecule has 0 aromatic carbocycles. The molecule has 20 heavy (non-hydrogen) atoms. The lowest BCUT2D eigenvalue weighted by atomic mass is 9.98. The Morgan fingerprint density at radius 1 is 1.35 bits per heavy atom. The van der Waals surface area contributed by atoms with Crippen molar-refractivity contribution >= 4 is 11.3 Å². The number of nitrogens with zero attached hydrogens (tertiary/aromatic N) is 3. The smallest absolute Gasteiger partial charge is 0.138 e. The molecule has 0 aliphatic heterocycles. The quantitative estimate of drug-likeness (QED) is 0.941. The highest BCUT2D eigenvalue weighted by molar-refractivity contribution is 7.12. The number of nitrogens with two attached hydrogens (primary N) is 1. The van der Waals surface area contributed by atoms with Gasteiger partial charge in [-0.25, -0.2) is 9.67 Å². The molecule has 3 rings (SSSR count). The molecule has 0 bridgehead atoms. The Balaban J connectivity index is 1.77. The molecule has 4 nitrogen and oxygen atoms in total. The lowest BCUT2D eigenvalue weighted by molar-refractivity contribution is 0.494. The van der Waals surface area contributed by atoms with Crippen LogP contribution >= 0.6 is 11.3 Å². The second-order valence-corrected chi connectivity index (χ2v) is 7.00. The topological polar surface area (TPSA) is 56.7 Å². The van der Waals surface area contributed by atoms with Gasteiger partial charge < -0.3 is 5.73 Å². The van der Waals surface area contributed by atoms with E-state index in [1.54, 1.807) is 11.2 Å². The first-order chi connectivity index (χ1) is 9.65.